The van der Waals surface area contributed by atoms with E-state index in [0.717, 1.165) is 37.5 Å². The maximum absolute atomic E-state index is 15.6. The van der Waals surface area contributed by atoms with Crippen LogP contribution in [0.1, 0.15) is 64.0 Å². The monoisotopic (exact) mass is 657 g/mol. The molecule has 4 heterocycles. The molecular formula is C35H30F3N5O5. The zero-order valence-electron chi connectivity index (χ0n) is 25.8. The highest BCUT2D eigenvalue weighted by Gasteiger charge is 2.39. The molecule has 1 saturated carbocycles. The summed E-state index contributed by atoms with van der Waals surface area (Å²) >= 11 is 0. The normalized spacial score (nSPS) is 16.4. The average Bonchev–Trinajstić information content (AvgIpc) is 3.67. The Hall–Kier alpha value is -5.30. The number of aromatic nitrogens is 4. The van der Waals surface area contributed by atoms with Gasteiger partial charge in [-0.05, 0) is 68.1 Å². The van der Waals surface area contributed by atoms with Crippen LogP contribution in [-0.4, -0.2) is 54.8 Å². The second-order valence-electron chi connectivity index (χ2n) is 12.4. The molecule has 0 radical (unpaired) electrons. The van der Waals surface area contributed by atoms with Gasteiger partial charge in [-0.15, -0.1) is 0 Å². The third kappa shape index (κ3) is 6.45. The molecule has 2 aromatic carbocycles. The molecule has 1 amide bonds. The number of benzene rings is 2. The second-order valence-corrected chi connectivity index (χ2v) is 12.4. The molecular weight excluding hydrogens is 627 g/mol. The lowest BCUT2D eigenvalue weighted by Crippen LogP contribution is -2.34. The predicted molar refractivity (Wildman–Crippen MR) is 167 cm³/mol. The molecule has 13 heteroatoms. The Labute approximate surface area is 272 Å². The van der Waals surface area contributed by atoms with E-state index in [9.17, 15) is 19.1 Å². The number of carbonyl (C=O) groups excluding carboxylic acids is 1. The summed E-state index contributed by atoms with van der Waals surface area (Å²) < 4.78 is 58.9. The summed E-state index contributed by atoms with van der Waals surface area (Å²) in [5.74, 6) is -3.41. The molecule has 3 aromatic heterocycles. The molecule has 2 aliphatic rings. The highest BCUT2D eigenvalue weighted by molar-refractivity contribution is 5.93. The van der Waals surface area contributed by atoms with Crippen LogP contribution in [0.2, 0.25) is 0 Å². The number of nitrogens with zero attached hydrogens (tertiary/aromatic N) is 4. The van der Waals surface area contributed by atoms with Crippen LogP contribution in [0.25, 0.3) is 22.3 Å². The van der Waals surface area contributed by atoms with Crippen LogP contribution in [0.4, 0.5) is 13.2 Å². The summed E-state index contributed by atoms with van der Waals surface area (Å²) in [6, 6.07) is 12.4. The Morgan fingerprint density at radius 1 is 1.06 bits per heavy atom. The van der Waals surface area contributed by atoms with E-state index in [1.54, 1.807) is 28.8 Å². The Bertz CT molecular complexity index is 2060. The van der Waals surface area contributed by atoms with Crippen LogP contribution in [0.3, 0.4) is 0 Å². The van der Waals surface area contributed by atoms with Gasteiger partial charge in [0, 0.05) is 42.0 Å². The first-order chi connectivity index (χ1) is 23.0. The van der Waals surface area contributed by atoms with E-state index in [-0.39, 0.29) is 82.2 Å². The lowest BCUT2D eigenvalue weighted by atomic mass is 10.0. The molecule has 1 aliphatic heterocycles. The second kappa shape index (κ2) is 12.4. The third-order valence-corrected chi connectivity index (χ3v) is 8.66. The van der Waals surface area contributed by atoms with E-state index < -0.39 is 23.4 Å². The number of hydrogen-bond donors (Lipinski definition) is 2. The van der Waals surface area contributed by atoms with Crippen molar-refractivity contribution in [1.29, 1.82) is 0 Å². The smallest absolute Gasteiger partial charge is 0.335 e. The van der Waals surface area contributed by atoms with Crippen molar-refractivity contribution in [2.75, 3.05) is 6.61 Å². The highest BCUT2D eigenvalue weighted by Crippen LogP contribution is 2.34. The lowest BCUT2D eigenvalue weighted by molar-refractivity contribution is -0.0589. The van der Waals surface area contributed by atoms with Crippen molar-refractivity contribution >= 4 is 22.9 Å². The number of imidazole rings is 1. The molecule has 0 unspecified atom stereocenters. The first-order valence-electron chi connectivity index (χ1n) is 15.4. The van der Waals surface area contributed by atoms with E-state index in [1.807, 2.05) is 6.92 Å². The minimum Gasteiger partial charge on any atom is -0.478 e. The van der Waals surface area contributed by atoms with Gasteiger partial charge in [-0.25, -0.2) is 27.9 Å². The molecule has 10 nitrogen and oxygen atoms in total. The summed E-state index contributed by atoms with van der Waals surface area (Å²) in [7, 11) is 0. The number of amides is 1. The number of carboxylic acid groups (broad SMARTS) is 1. The average molecular weight is 658 g/mol. The molecule has 2 N–H and O–H groups in total. The van der Waals surface area contributed by atoms with Crippen molar-refractivity contribution in [3.05, 3.63) is 106 Å². The van der Waals surface area contributed by atoms with Crippen LogP contribution in [-0.2, 0) is 24.3 Å². The summed E-state index contributed by atoms with van der Waals surface area (Å²) in [4.78, 5) is 36.9. The van der Waals surface area contributed by atoms with Gasteiger partial charge < -0.3 is 24.5 Å². The highest BCUT2D eigenvalue weighted by atomic mass is 19.1. The number of ether oxygens (including phenoxy) is 2. The standard InChI is InChI=1S/C35H30F3N5O5/c1-35(8-9-35)42-33(44)28-6-5-19(16-39-28)18-48-31-4-2-3-27(40-31)23-15-24(36)20(11-25(23)37)14-30-41-32-26(38)12-21(34(45)46)13-29(32)43(30)17-22-7-10-47-22/h2-6,11-13,15-16,22H,7-10,14,17-18H2,1H3,(H,42,44)(H,45,46)/t22-/m0/s1. The fourth-order valence-electron chi connectivity index (χ4n) is 5.51. The fourth-order valence-corrected chi connectivity index (χ4v) is 5.51. The Morgan fingerprint density at radius 2 is 1.88 bits per heavy atom. The zero-order valence-corrected chi connectivity index (χ0v) is 25.8. The van der Waals surface area contributed by atoms with Gasteiger partial charge >= 0.3 is 5.97 Å². The minimum atomic E-state index is -1.30. The molecule has 246 valence electrons. The van der Waals surface area contributed by atoms with Crippen molar-refractivity contribution in [1.82, 2.24) is 24.8 Å². The van der Waals surface area contributed by atoms with Crippen molar-refractivity contribution < 1.29 is 37.3 Å². The minimum absolute atomic E-state index is 0.0236. The predicted octanol–water partition coefficient (Wildman–Crippen LogP) is 5.85. The van der Waals surface area contributed by atoms with Gasteiger partial charge in [-0.2, -0.15) is 0 Å². The number of fused-ring (bicyclic) bond motifs is 1. The van der Waals surface area contributed by atoms with Gasteiger partial charge in [0.2, 0.25) is 5.88 Å². The Morgan fingerprint density at radius 3 is 2.56 bits per heavy atom. The number of carbonyl (C=O) groups is 2. The van der Waals surface area contributed by atoms with E-state index >= 15 is 8.78 Å². The molecule has 1 atom stereocenters. The van der Waals surface area contributed by atoms with Crippen molar-refractivity contribution in [3.8, 4) is 17.1 Å². The summed E-state index contributed by atoms with van der Waals surface area (Å²) in [5.41, 5.74) is 0.792. The zero-order chi connectivity index (χ0) is 33.6. The van der Waals surface area contributed by atoms with Crippen LogP contribution < -0.4 is 10.1 Å². The molecule has 0 spiro atoms. The topological polar surface area (TPSA) is 128 Å². The summed E-state index contributed by atoms with van der Waals surface area (Å²) in [6.45, 7) is 2.88. The molecule has 5 aromatic rings. The third-order valence-electron chi connectivity index (χ3n) is 8.66. The first kappa shape index (κ1) is 31.3. The van der Waals surface area contributed by atoms with Crippen molar-refractivity contribution in [2.24, 2.45) is 0 Å². The Kier molecular flexibility index (Phi) is 8.07. The number of rotatable bonds is 11. The van der Waals surface area contributed by atoms with Crippen LogP contribution in [0.5, 0.6) is 5.88 Å². The molecule has 0 bridgehead atoms. The number of hydrogen-bond acceptors (Lipinski definition) is 7. The molecule has 7 rings (SSSR count). The van der Waals surface area contributed by atoms with Gasteiger partial charge in [0.25, 0.3) is 5.91 Å². The van der Waals surface area contributed by atoms with Gasteiger partial charge in [0.1, 0.15) is 35.3 Å². The first-order valence-corrected chi connectivity index (χ1v) is 15.4. The van der Waals surface area contributed by atoms with E-state index in [4.69, 9.17) is 9.47 Å². The van der Waals surface area contributed by atoms with Gasteiger partial charge in [-0.1, -0.05) is 12.1 Å². The van der Waals surface area contributed by atoms with Gasteiger partial charge in [-0.3, -0.25) is 9.78 Å². The fraction of sp³-hybridized carbons (Fsp3) is 0.286. The molecule has 2 fully saturated rings. The van der Waals surface area contributed by atoms with Crippen LogP contribution >= 0.6 is 0 Å². The maximum Gasteiger partial charge on any atom is 0.335 e. The number of halogens is 3. The van der Waals surface area contributed by atoms with Gasteiger partial charge in [0.15, 0.2) is 5.82 Å². The SMILES string of the molecule is CC1(NC(=O)c2ccc(COc3cccc(-c4cc(F)c(Cc5nc6c(F)cc(C(=O)O)cc6n5C[C@@H]5CCO5)cc4F)n3)cn2)CC1. The maximum atomic E-state index is 15.6. The van der Waals surface area contributed by atoms with Crippen molar-refractivity contribution in [3.63, 3.8) is 0 Å². The van der Waals surface area contributed by atoms with Crippen molar-refractivity contribution in [2.45, 2.75) is 57.4 Å². The summed E-state index contributed by atoms with van der Waals surface area (Å²) in [6.07, 6.45) is 3.79. The van der Waals surface area contributed by atoms with Crippen LogP contribution in [0, 0.1) is 17.5 Å². The Balaban J connectivity index is 1.09. The quantitative estimate of drug-likeness (QED) is 0.181. The number of aromatic carboxylic acids is 1. The lowest BCUT2D eigenvalue weighted by Gasteiger charge is -2.27. The van der Waals surface area contributed by atoms with Gasteiger partial charge in [0.05, 0.1) is 29.4 Å². The number of nitrogens with one attached hydrogen (secondary N) is 1. The number of carboxylic acids is 1. The summed E-state index contributed by atoms with van der Waals surface area (Å²) in [5, 5.41) is 12.4. The molecule has 48 heavy (non-hydrogen) atoms. The molecule has 1 aliphatic carbocycles. The van der Waals surface area contributed by atoms with E-state index in [1.165, 1.54) is 18.3 Å². The largest absolute Gasteiger partial charge is 0.478 e. The van der Waals surface area contributed by atoms with Crippen LogP contribution in [0.15, 0.2) is 60.8 Å². The molecule has 1 saturated heterocycles. The van der Waals surface area contributed by atoms with E-state index in [0.29, 0.717) is 17.9 Å². The number of pyridine rings is 2. The van der Waals surface area contributed by atoms with E-state index in [2.05, 4.69) is 20.3 Å².